The highest BCUT2D eigenvalue weighted by atomic mass is 16.5. The number of aryl methyl sites for hydroxylation is 2. The summed E-state index contributed by atoms with van der Waals surface area (Å²) in [4.78, 5) is 41.3. The third kappa shape index (κ3) is 4.48. The Labute approximate surface area is 189 Å². The summed E-state index contributed by atoms with van der Waals surface area (Å²) < 4.78 is 10.3. The van der Waals surface area contributed by atoms with E-state index < -0.39 is 11.2 Å². The summed E-state index contributed by atoms with van der Waals surface area (Å²) in [6.45, 7) is 2.52. The van der Waals surface area contributed by atoms with Crippen LogP contribution in [0.3, 0.4) is 0 Å². The van der Waals surface area contributed by atoms with Gasteiger partial charge in [0.15, 0.2) is 11.2 Å². The molecule has 0 radical (unpaired) electrons. The van der Waals surface area contributed by atoms with E-state index in [1.807, 2.05) is 54.6 Å². The van der Waals surface area contributed by atoms with Crippen LogP contribution in [0.2, 0.25) is 0 Å². The van der Waals surface area contributed by atoms with Gasteiger partial charge in [-0.15, -0.1) is 0 Å². The number of benzene rings is 2. The lowest BCUT2D eigenvalue weighted by Crippen LogP contribution is -2.39. The third-order valence-electron chi connectivity index (χ3n) is 5.53. The molecule has 33 heavy (non-hydrogen) atoms. The second-order valence-corrected chi connectivity index (χ2v) is 7.75. The second kappa shape index (κ2) is 9.64. The van der Waals surface area contributed by atoms with Crippen LogP contribution in [0.25, 0.3) is 11.2 Å². The van der Waals surface area contributed by atoms with Gasteiger partial charge in [-0.25, -0.2) is 4.79 Å². The highest BCUT2D eigenvalue weighted by Gasteiger charge is 2.22. The average molecular weight is 447 g/mol. The van der Waals surface area contributed by atoms with Gasteiger partial charge in [-0.05, 0) is 36.1 Å². The van der Waals surface area contributed by atoms with Crippen LogP contribution in [0, 0.1) is 4.91 Å². The van der Waals surface area contributed by atoms with Crippen LogP contribution in [0.1, 0.15) is 24.5 Å². The van der Waals surface area contributed by atoms with Crippen LogP contribution < -0.4 is 16.0 Å². The number of hydrogen-bond acceptors (Lipinski definition) is 6. The molecule has 0 amide bonds. The van der Waals surface area contributed by atoms with E-state index in [0.717, 1.165) is 22.1 Å². The first-order valence-corrected chi connectivity index (χ1v) is 10.8. The van der Waals surface area contributed by atoms with Crippen molar-refractivity contribution >= 4 is 11.2 Å². The molecule has 0 aliphatic rings. The van der Waals surface area contributed by atoms with Crippen molar-refractivity contribution in [3.05, 3.63) is 91.5 Å². The molecule has 2 heterocycles. The summed E-state index contributed by atoms with van der Waals surface area (Å²) in [5.74, 6) is 0.598. The number of ether oxygens (including phenoxy) is 1. The van der Waals surface area contributed by atoms with E-state index in [1.165, 1.54) is 4.57 Å². The first kappa shape index (κ1) is 22.2. The highest BCUT2D eigenvalue weighted by molar-refractivity contribution is 5.72. The molecule has 9 heteroatoms. The average Bonchev–Trinajstić information content (AvgIpc) is 3.18. The van der Waals surface area contributed by atoms with E-state index in [4.69, 9.17) is 4.74 Å². The molecule has 0 spiro atoms. The molecule has 2 aromatic heterocycles. The van der Waals surface area contributed by atoms with Crippen LogP contribution in [0.4, 0.5) is 0 Å². The van der Waals surface area contributed by atoms with Crippen molar-refractivity contribution < 1.29 is 4.74 Å². The van der Waals surface area contributed by atoms with Crippen molar-refractivity contribution in [3.8, 4) is 11.8 Å². The summed E-state index contributed by atoms with van der Waals surface area (Å²) in [5, 5.41) is 2.82. The topological polar surface area (TPSA) is 100 Å². The smallest absolute Gasteiger partial charge is 0.332 e. The largest absolute Gasteiger partial charge is 0.425 e. The Morgan fingerprint density at radius 3 is 2.48 bits per heavy atom. The molecular formula is C24H25N5O4. The van der Waals surface area contributed by atoms with Gasteiger partial charge in [-0.1, -0.05) is 54.6 Å². The van der Waals surface area contributed by atoms with Crippen LogP contribution in [-0.2, 0) is 26.6 Å². The SMILES string of the molecule is CCc1cccc(Oc2nc3c(c(=O)n(CCCN=O)c(=O)n3C)n2Cc2ccccc2)c1. The number of rotatable bonds is 9. The van der Waals surface area contributed by atoms with Crippen LogP contribution in [-0.4, -0.2) is 25.2 Å². The molecule has 4 aromatic rings. The number of nitrogens with zero attached hydrogens (tertiary/aromatic N) is 5. The van der Waals surface area contributed by atoms with Crippen molar-refractivity contribution in [2.24, 2.45) is 12.2 Å². The molecule has 0 saturated heterocycles. The summed E-state index contributed by atoms with van der Waals surface area (Å²) in [5.41, 5.74) is 1.60. The Balaban J connectivity index is 1.90. The lowest BCUT2D eigenvalue weighted by atomic mass is 10.2. The molecule has 4 rings (SSSR count). The zero-order valence-electron chi connectivity index (χ0n) is 18.6. The fourth-order valence-electron chi connectivity index (χ4n) is 3.77. The minimum absolute atomic E-state index is 0.0268. The maximum Gasteiger partial charge on any atom is 0.332 e. The highest BCUT2D eigenvalue weighted by Crippen LogP contribution is 2.26. The van der Waals surface area contributed by atoms with Crippen molar-refractivity contribution in [2.75, 3.05) is 6.54 Å². The fraction of sp³-hybridized carbons (Fsp3) is 0.292. The maximum absolute atomic E-state index is 13.4. The summed E-state index contributed by atoms with van der Waals surface area (Å²) in [7, 11) is 1.57. The Bertz CT molecular complexity index is 1400. The minimum Gasteiger partial charge on any atom is -0.425 e. The van der Waals surface area contributed by atoms with Gasteiger partial charge in [0.1, 0.15) is 5.75 Å². The molecular weight excluding hydrogens is 422 g/mol. The van der Waals surface area contributed by atoms with Gasteiger partial charge in [0.2, 0.25) is 0 Å². The molecule has 0 bridgehead atoms. The molecule has 0 unspecified atom stereocenters. The Hall–Kier alpha value is -4.01. The number of nitroso groups, excluding NO2 is 1. The third-order valence-corrected chi connectivity index (χ3v) is 5.53. The summed E-state index contributed by atoms with van der Waals surface area (Å²) >= 11 is 0. The Morgan fingerprint density at radius 1 is 1.00 bits per heavy atom. The minimum atomic E-state index is -0.498. The van der Waals surface area contributed by atoms with Gasteiger partial charge in [0.25, 0.3) is 5.56 Å². The molecule has 0 aliphatic heterocycles. The normalized spacial score (nSPS) is 11.1. The predicted octanol–water partition coefficient (Wildman–Crippen LogP) is 3.46. The van der Waals surface area contributed by atoms with E-state index in [2.05, 4.69) is 17.1 Å². The van der Waals surface area contributed by atoms with Crippen molar-refractivity contribution in [2.45, 2.75) is 32.9 Å². The second-order valence-electron chi connectivity index (χ2n) is 7.75. The zero-order valence-corrected chi connectivity index (χ0v) is 18.6. The predicted molar refractivity (Wildman–Crippen MR) is 126 cm³/mol. The monoisotopic (exact) mass is 447 g/mol. The van der Waals surface area contributed by atoms with E-state index in [9.17, 15) is 14.5 Å². The molecule has 0 saturated carbocycles. The number of hydrogen-bond donors (Lipinski definition) is 0. The van der Waals surface area contributed by atoms with Crippen LogP contribution in [0.5, 0.6) is 11.8 Å². The van der Waals surface area contributed by atoms with Crippen LogP contribution in [0.15, 0.2) is 69.4 Å². The molecule has 170 valence electrons. The van der Waals surface area contributed by atoms with Crippen molar-refractivity contribution in [1.82, 2.24) is 18.7 Å². The molecule has 0 aliphatic carbocycles. The summed E-state index contributed by atoms with van der Waals surface area (Å²) in [6, 6.07) is 17.5. The number of fused-ring (bicyclic) bond motifs is 1. The maximum atomic E-state index is 13.4. The van der Waals surface area contributed by atoms with E-state index >= 15 is 0 Å². The molecule has 2 aromatic carbocycles. The van der Waals surface area contributed by atoms with Gasteiger partial charge in [-0.2, -0.15) is 9.89 Å². The zero-order chi connectivity index (χ0) is 23.4. The van der Waals surface area contributed by atoms with Gasteiger partial charge in [0, 0.05) is 13.6 Å². The molecule has 0 atom stereocenters. The van der Waals surface area contributed by atoms with E-state index in [1.54, 1.807) is 11.6 Å². The van der Waals surface area contributed by atoms with Gasteiger partial charge in [-0.3, -0.25) is 18.5 Å². The quantitative estimate of drug-likeness (QED) is 0.289. The molecule has 9 nitrogen and oxygen atoms in total. The van der Waals surface area contributed by atoms with Crippen molar-refractivity contribution in [3.63, 3.8) is 0 Å². The summed E-state index contributed by atoms with van der Waals surface area (Å²) in [6.07, 6.45) is 1.15. The molecule has 0 N–H and O–H groups in total. The van der Waals surface area contributed by atoms with E-state index in [-0.39, 0.29) is 30.3 Å². The number of imidazole rings is 1. The first-order valence-electron chi connectivity index (χ1n) is 10.8. The van der Waals surface area contributed by atoms with Gasteiger partial charge >= 0.3 is 11.7 Å². The lowest BCUT2D eigenvalue weighted by molar-refractivity contribution is 0.420. The van der Waals surface area contributed by atoms with Crippen LogP contribution >= 0.6 is 0 Å². The lowest BCUT2D eigenvalue weighted by Gasteiger charge is -2.11. The van der Waals surface area contributed by atoms with Gasteiger partial charge in [0.05, 0.1) is 13.1 Å². The van der Waals surface area contributed by atoms with Crippen molar-refractivity contribution in [1.29, 1.82) is 0 Å². The Morgan fingerprint density at radius 2 is 1.76 bits per heavy atom. The standard InChI is InChI=1S/C24H25N5O4/c1-3-17-11-7-12-19(15-17)33-23-26-21-20(29(23)16-18-9-5-4-6-10-18)22(30)28(14-8-13-25-32)24(31)27(21)2/h4-7,9-12,15H,3,8,13-14,16H2,1-2H3. The number of aromatic nitrogens is 4. The Kier molecular flexibility index (Phi) is 6.48. The first-order chi connectivity index (χ1) is 16.0. The van der Waals surface area contributed by atoms with E-state index in [0.29, 0.717) is 18.7 Å². The fourth-order valence-corrected chi connectivity index (χ4v) is 3.77. The molecule has 0 fully saturated rings. The van der Waals surface area contributed by atoms with Gasteiger partial charge < -0.3 is 4.74 Å².